The van der Waals surface area contributed by atoms with Crippen molar-refractivity contribution in [1.29, 1.82) is 0 Å². The highest BCUT2D eigenvalue weighted by Crippen LogP contribution is 2.33. The minimum Gasteiger partial charge on any atom is -0.507 e. The van der Waals surface area contributed by atoms with Crippen LogP contribution in [0.3, 0.4) is 0 Å². The largest absolute Gasteiger partial charge is 0.507 e. The molecule has 1 aliphatic heterocycles. The van der Waals surface area contributed by atoms with E-state index in [9.17, 15) is 9.90 Å². The fourth-order valence-corrected chi connectivity index (χ4v) is 4.43. The van der Waals surface area contributed by atoms with Gasteiger partial charge in [-0.25, -0.2) is 0 Å². The summed E-state index contributed by atoms with van der Waals surface area (Å²) in [6, 6.07) is 15.2. The number of benzene rings is 1. The minimum absolute atomic E-state index is 0.0616. The van der Waals surface area contributed by atoms with Gasteiger partial charge in [-0.15, -0.1) is 0 Å². The van der Waals surface area contributed by atoms with Gasteiger partial charge >= 0.3 is 0 Å². The molecule has 0 aliphatic carbocycles. The number of piperazine rings is 1. The number of aromatic nitrogens is 2. The molecule has 6 nitrogen and oxygen atoms in total. The van der Waals surface area contributed by atoms with E-state index < -0.39 is 0 Å². The van der Waals surface area contributed by atoms with E-state index in [1.54, 1.807) is 23.0 Å². The highest BCUT2D eigenvalue weighted by atomic mass is 16.3. The summed E-state index contributed by atoms with van der Waals surface area (Å²) in [5.74, 6) is 0.0616. The fraction of sp³-hybridized carbons (Fsp3) is 0.360. The van der Waals surface area contributed by atoms with Crippen LogP contribution in [0.2, 0.25) is 0 Å². The summed E-state index contributed by atoms with van der Waals surface area (Å²) in [6.45, 7) is 9.11. The highest BCUT2D eigenvalue weighted by molar-refractivity contribution is 5.41. The summed E-state index contributed by atoms with van der Waals surface area (Å²) in [7, 11) is 0. The van der Waals surface area contributed by atoms with Crippen molar-refractivity contribution in [3.05, 3.63) is 93.7 Å². The Labute approximate surface area is 183 Å². The van der Waals surface area contributed by atoms with Gasteiger partial charge in [0.15, 0.2) is 0 Å². The molecule has 0 radical (unpaired) electrons. The normalized spacial score (nSPS) is 16.3. The van der Waals surface area contributed by atoms with E-state index in [4.69, 9.17) is 0 Å². The van der Waals surface area contributed by atoms with Gasteiger partial charge in [0, 0.05) is 44.3 Å². The first kappa shape index (κ1) is 21.3. The molecule has 31 heavy (non-hydrogen) atoms. The van der Waals surface area contributed by atoms with Gasteiger partial charge in [0.25, 0.3) is 5.56 Å². The predicted molar refractivity (Wildman–Crippen MR) is 122 cm³/mol. The first-order valence-electron chi connectivity index (χ1n) is 10.9. The molecular weight excluding hydrogens is 388 g/mol. The van der Waals surface area contributed by atoms with Crippen LogP contribution in [0.25, 0.3) is 0 Å². The van der Waals surface area contributed by atoms with Crippen molar-refractivity contribution in [2.45, 2.75) is 26.4 Å². The number of rotatable bonds is 6. The summed E-state index contributed by atoms with van der Waals surface area (Å²) >= 11 is 0. The van der Waals surface area contributed by atoms with Crippen LogP contribution in [0.5, 0.6) is 5.75 Å². The van der Waals surface area contributed by atoms with E-state index in [1.165, 1.54) is 0 Å². The van der Waals surface area contributed by atoms with Crippen molar-refractivity contribution >= 4 is 0 Å². The lowest BCUT2D eigenvalue weighted by molar-refractivity contribution is 0.111. The van der Waals surface area contributed by atoms with Crippen LogP contribution in [-0.2, 0) is 6.54 Å². The first-order chi connectivity index (χ1) is 15.1. The molecule has 3 aromatic rings. The maximum atomic E-state index is 13.7. The average molecular weight is 419 g/mol. The standard InChI is InChI=1S/C25H30N4O2/c1-3-27-13-15-28(16-14-27)24(21-9-11-26-12-10-21)23-22(30)17-19(2)29(25(23)31)18-20-7-5-4-6-8-20/h4-12,17,24,30H,3,13-16,18H2,1-2H3/t24-/m0/s1. The van der Waals surface area contributed by atoms with Crippen LogP contribution in [0, 0.1) is 6.92 Å². The van der Waals surface area contributed by atoms with Crippen molar-refractivity contribution in [2.24, 2.45) is 0 Å². The van der Waals surface area contributed by atoms with Crippen molar-refractivity contribution < 1.29 is 5.11 Å². The molecule has 6 heteroatoms. The van der Waals surface area contributed by atoms with E-state index in [2.05, 4.69) is 21.7 Å². The third-order valence-electron chi connectivity index (χ3n) is 6.22. The quantitative estimate of drug-likeness (QED) is 0.667. The Balaban J connectivity index is 1.79. The van der Waals surface area contributed by atoms with Crippen LogP contribution in [0.15, 0.2) is 65.7 Å². The zero-order valence-electron chi connectivity index (χ0n) is 18.2. The molecule has 0 amide bonds. The molecule has 4 rings (SSSR count). The number of aromatic hydroxyl groups is 1. The Kier molecular flexibility index (Phi) is 6.49. The molecule has 1 aliphatic rings. The third-order valence-corrected chi connectivity index (χ3v) is 6.22. The van der Waals surface area contributed by atoms with Gasteiger partial charge in [-0.2, -0.15) is 0 Å². The Morgan fingerprint density at radius 2 is 1.71 bits per heavy atom. The van der Waals surface area contributed by atoms with E-state index in [-0.39, 0.29) is 17.4 Å². The lowest BCUT2D eigenvalue weighted by Gasteiger charge is -2.39. The molecule has 3 heterocycles. The summed E-state index contributed by atoms with van der Waals surface area (Å²) in [5, 5.41) is 11.0. The first-order valence-corrected chi connectivity index (χ1v) is 10.9. The maximum absolute atomic E-state index is 13.7. The Bertz CT molecular complexity index is 1060. The van der Waals surface area contributed by atoms with Crippen molar-refractivity contribution in [2.75, 3.05) is 32.7 Å². The smallest absolute Gasteiger partial charge is 0.259 e. The molecule has 1 atom stereocenters. The van der Waals surface area contributed by atoms with Crippen molar-refractivity contribution in [3.8, 4) is 5.75 Å². The van der Waals surface area contributed by atoms with Gasteiger partial charge in [0.1, 0.15) is 5.75 Å². The Morgan fingerprint density at radius 1 is 1.03 bits per heavy atom. The SMILES string of the molecule is CCN1CCN([C@@H](c2ccncc2)c2c(O)cc(C)n(Cc3ccccc3)c2=O)CC1. The predicted octanol–water partition coefficient (Wildman–Crippen LogP) is 3.03. The molecule has 1 saturated heterocycles. The van der Waals surface area contributed by atoms with E-state index in [1.807, 2.05) is 49.4 Å². The molecule has 1 fully saturated rings. The lowest BCUT2D eigenvalue weighted by atomic mass is 9.96. The van der Waals surface area contributed by atoms with Crippen LogP contribution in [0.4, 0.5) is 0 Å². The van der Waals surface area contributed by atoms with E-state index in [0.717, 1.165) is 49.5 Å². The molecule has 0 bridgehead atoms. The Morgan fingerprint density at radius 3 is 2.35 bits per heavy atom. The third kappa shape index (κ3) is 4.55. The second kappa shape index (κ2) is 9.45. The lowest BCUT2D eigenvalue weighted by Crippen LogP contribution is -2.48. The molecule has 1 N–H and O–H groups in total. The number of nitrogens with zero attached hydrogens (tertiary/aromatic N) is 4. The van der Waals surface area contributed by atoms with Gasteiger partial charge in [0.05, 0.1) is 18.2 Å². The Hall–Kier alpha value is -2.96. The van der Waals surface area contributed by atoms with Crippen molar-refractivity contribution in [3.63, 3.8) is 0 Å². The van der Waals surface area contributed by atoms with Gasteiger partial charge in [-0.05, 0) is 42.8 Å². The molecule has 2 aromatic heterocycles. The van der Waals surface area contributed by atoms with Crippen LogP contribution < -0.4 is 5.56 Å². The molecule has 1 aromatic carbocycles. The molecule has 0 saturated carbocycles. The minimum atomic E-state index is -0.308. The number of aryl methyl sites for hydroxylation is 1. The number of hydrogen-bond donors (Lipinski definition) is 1. The zero-order valence-corrected chi connectivity index (χ0v) is 18.2. The van der Waals surface area contributed by atoms with E-state index in [0.29, 0.717) is 12.1 Å². The number of hydrogen-bond acceptors (Lipinski definition) is 5. The van der Waals surface area contributed by atoms with Crippen LogP contribution in [-0.4, -0.2) is 57.2 Å². The fourth-order valence-electron chi connectivity index (χ4n) is 4.43. The summed E-state index contributed by atoms with van der Waals surface area (Å²) in [6.07, 6.45) is 3.50. The number of pyridine rings is 2. The van der Waals surface area contributed by atoms with Crippen molar-refractivity contribution in [1.82, 2.24) is 19.4 Å². The second-order valence-corrected chi connectivity index (χ2v) is 8.11. The molecule has 162 valence electrons. The van der Waals surface area contributed by atoms with Gasteiger partial charge in [-0.1, -0.05) is 37.3 Å². The number of likely N-dealkylation sites (N-methyl/N-ethyl adjacent to an activating group) is 1. The molecule has 0 spiro atoms. The van der Waals surface area contributed by atoms with Crippen LogP contribution in [0.1, 0.15) is 35.3 Å². The van der Waals surface area contributed by atoms with E-state index >= 15 is 0 Å². The zero-order chi connectivity index (χ0) is 21.8. The van der Waals surface area contributed by atoms with Gasteiger partial charge < -0.3 is 14.6 Å². The second-order valence-electron chi connectivity index (χ2n) is 8.11. The topological polar surface area (TPSA) is 61.6 Å². The monoisotopic (exact) mass is 418 g/mol. The van der Waals surface area contributed by atoms with Gasteiger partial charge in [0.2, 0.25) is 0 Å². The molecular formula is C25H30N4O2. The maximum Gasteiger partial charge on any atom is 0.259 e. The molecule has 0 unspecified atom stereocenters. The van der Waals surface area contributed by atoms with Gasteiger partial charge in [-0.3, -0.25) is 14.7 Å². The summed E-state index contributed by atoms with van der Waals surface area (Å²) in [5.41, 5.74) is 3.09. The summed E-state index contributed by atoms with van der Waals surface area (Å²) in [4.78, 5) is 22.6. The average Bonchev–Trinajstić information content (AvgIpc) is 2.81. The summed E-state index contributed by atoms with van der Waals surface area (Å²) < 4.78 is 1.76. The van der Waals surface area contributed by atoms with Crippen LogP contribution >= 0.6 is 0 Å². The highest BCUT2D eigenvalue weighted by Gasteiger charge is 2.31.